The third kappa shape index (κ3) is 2.01. The van der Waals surface area contributed by atoms with Crippen LogP contribution in [0, 0.1) is 5.92 Å². The van der Waals surface area contributed by atoms with Gasteiger partial charge in [0, 0.05) is 54.4 Å². The average Bonchev–Trinajstić information content (AvgIpc) is 3.26. The summed E-state index contributed by atoms with van der Waals surface area (Å²) in [4.78, 5) is 8.49. The van der Waals surface area contributed by atoms with Gasteiger partial charge in [-0.25, -0.2) is 0 Å². The van der Waals surface area contributed by atoms with Crippen LogP contribution in [0.3, 0.4) is 0 Å². The summed E-state index contributed by atoms with van der Waals surface area (Å²) < 4.78 is 0. The molecular formula is C21H25N3. The standard InChI is InChI=1S/C21H25N3/c1-14(24-8-3-4-9-24)16-10-18-17-6-5-7-19-21(17)15(12-22-19)11-20(18)23(2)13-16/h5-7,10,12,16,20,22H,1,3-4,8-9,11,13H2,2H3. The summed E-state index contributed by atoms with van der Waals surface area (Å²) in [6.07, 6.45) is 8.46. The molecule has 1 aromatic heterocycles. The largest absolute Gasteiger partial charge is 0.375 e. The lowest BCUT2D eigenvalue weighted by Crippen LogP contribution is -2.44. The van der Waals surface area contributed by atoms with Crippen molar-refractivity contribution in [2.24, 2.45) is 5.92 Å². The maximum absolute atomic E-state index is 4.46. The van der Waals surface area contributed by atoms with E-state index < -0.39 is 0 Å². The quantitative estimate of drug-likeness (QED) is 0.913. The first-order valence-corrected chi connectivity index (χ1v) is 9.17. The van der Waals surface area contributed by atoms with Gasteiger partial charge in [-0.05, 0) is 49.1 Å². The molecule has 0 amide bonds. The first-order valence-electron chi connectivity index (χ1n) is 9.17. The van der Waals surface area contributed by atoms with Gasteiger partial charge in [0.25, 0.3) is 0 Å². The molecule has 2 atom stereocenters. The number of hydrogen-bond donors (Lipinski definition) is 1. The molecule has 0 radical (unpaired) electrons. The Hall–Kier alpha value is -2.00. The van der Waals surface area contributed by atoms with Gasteiger partial charge in [0.15, 0.2) is 0 Å². The third-order valence-corrected chi connectivity index (χ3v) is 6.21. The zero-order valence-corrected chi connectivity index (χ0v) is 14.4. The summed E-state index contributed by atoms with van der Waals surface area (Å²) in [5.41, 5.74) is 6.98. The smallest absolute Gasteiger partial charge is 0.0462 e. The van der Waals surface area contributed by atoms with Crippen LogP contribution in [0.1, 0.15) is 24.0 Å². The van der Waals surface area contributed by atoms with E-state index >= 15 is 0 Å². The SMILES string of the molecule is C=C(C1C=C2c3cccc4[nH]cc(c34)CC2N(C)C1)N1CCCC1. The van der Waals surface area contributed by atoms with Crippen molar-refractivity contribution in [1.29, 1.82) is 0 Å². The van der Waals surface area contributed by atoms with Crippen molar-refractivity contribution >= 4 is 16.5 Å². The number of likely N-dealkylation sites (N-methyl/N-ethyl adjacent to an activating group) is 1. The van der Waals surface area contributed by atoms with Crippen molar-refractivity contribution in [3.8, 4) is 0 Å². The fraction of sp³-hybridized carbons (Fsp3) is 0.429. The molecule has 2 aliphatic heterocycles. The highest BCUT2D eigenvalue weighted by molar-refractivity contribution is 5.98. The van der Waals surface area contributed by atoms with Gasteiger partial charge < -0.3 is 9.88 Å². The van der Waals surface area contributed by atoms with Crippen molar-refractivity contribution in [1.82, 2.24) is 14.8 Å². The first kappa shape index (κ1) is 14.4. The van der Waals surface area contributed by atoms with E-state index in [9.17, 15) is 0 Å². The van der Waals surface area contributed by atoms with Crippen molar-refractivity contribution in [2.75, 3.05) is 26.7 Å². The van der Waals surface area contributed by atoms with Gasteiger partial charge in [-0.15, -0.1) is 0 Å². The zero-order chi connectivity index (χ0) is 16.3. The van der Waals surface area contributed by atoms with Crippen molar-refractivity contribution in [2.45, 2.75) is 25.3 Å². The third-order valence-electron chi connectivity index (χ3n) is 6.21. The highest BCUT2D eigenvalue weighted by atomic mass is 15.2. The number of likely N-dealkylation sites (tertiary alicyclic amines) is 1. The molecule has 3 aliphatic rings. The number of aromatic amines is 1. The number of H-pyrrole nitrogens is 1. The lowest BCUT2D eigenvalue weighted by Gasteiger charge is -2.41. The second kappa shape index (κ2) is 5.25. The highest BCUT2D eigenvalue weighted by Gasteiger charge is 2.35. The van der Waals surface area contributed by atoms with Crippen LogP contribution in [0.5, 0.6) is 0 Å². The highest BCUT2D eigenvalue weighted by Crippen LogP contribution is 2.42. The molecule has 3 heteroatoms. The minimum Gasteiger partial charge on any atom is -0.375 e. The number of benzene rings is 1. The van der Waals surface area contributed by atoms with E-state index in [1.165, 1.54) is 59.2 Å². The Morgan fingerprint density at radius 1 is 1.25 bits per heavy atom. The number of nitrogens with zero attached hydrogens (tertiary/aromatic N) is 2. The number of hydrogen-bond acceptors (Lipinski definition) is 2. The predicted octanol–water partition coefficient (Wildman–Crippen LogP) is 3.65. The molecule has 0 bridgehead atoms. The molecule has 3 heterocycles. The minimum atomic E-state index is 0.440. The van der Waals surface area contributed by atoms with Crippen LogP contribution < -0.4 is 0 Å². The lowest BCUT2D eigenvalue weighted by molar-refractivity contribution is 0.238. The Balaban J connectivity index is 1.59. The fourth-order valence-electron chi connectivity index (χ4n) is 4.90. The summed E-state index contributed by atoms with van der Waals surface area (Å²) in [6.45, 7) is 7.91. The molecule has 124 valence electrons. The number of aromatic nitrogens is 1. The van der Waals surface area contributed by atoms with Gasteiger partial charge in [0.1, 0.15) is 0 Å². The Morgan fingerprint density at radius 2 is 2.08 bits per heavy atom. The molecule has 24 heavy (non-hydrogen) atoms. The van der Waals surface area contributed by atoms with Crippen LogP contribution in [0.25, 0.3) is 16.5 Å². The van der Waals surface area contributed by atoms with Crippen molar-refractivity contribution in [3.63, 3.8) is 0 Å². The van der Waals surface area contributed by atoms with Gasteiger partial charge in [-0.3, -0.25) is 4.90 Å². The number of rotatable bonds is 2. The molecular weight excluding hydrogens is 294 g/mol. The Bertz CT molecular complexity index is 838. The summed E-state index contributed by atoms with van der Waals surface area (Å²) >= 11 is 0. The van der Waals surface area contributed by atoms with E-state index in [-0.39, 0.29) is 0 Å². The Labute approximate surface area is 143 Å². The molecule has 0 spiro atoms. The second-order valence-electron chi connectivity index (χ2n) is 7.62. The molecule has 1 N–H and O–H groups in total. The van der Waals surface area contributed by atoms with E-state index in [1.807, 2.05) is 0 Å². The van der Waals surface area contributed by atoms with Gasteiger partial charge >= 0.3 is 0 Å². The Morgan fingerprint density at radius 3 is 2.92 bits per heavy atom. The molecule has 5 rings (SSSR count). The van der Waals surface area contributed by atoms with Crippen LogP contribution in [-0.4, -0.2) is 47.5 Å². The zero-order valence-electron chi connectivity index (χ0n) is 14.4. The van der Waals surface area contributed by atoms with E-state index in [1.54, 1.807) is 0 Å². The van der Waals surface area contributed by atoms with Gasteiger partial charge in [-0.2, -0.15) is 0 Å². The summed E-state index contributed by atoms with van der Waals surface area (Å²) in [5.74, 6) is 0.440. The maximum atomic E-state index is 4.46. The van der Waals surface area contributed by atoms with E-state index in [0.717, 1.165) is 13.0 Å². The van der Waals surface area contributed by atoms with Crippen molar-refractivity contribution in [3.05, 3.63) is 53.9 Å². The molecule has 1 aromatic carbocycles. The van der Waals surface area contributed by atoms with Gasteiger partial charge in [0.2, 0.25) is 0 Å². The fourth-order valence-corrected chi connectivity index (χ4v) is 4.90. The van der Waals surface area contributed by atoms with Crippen molar-refractivity contribution < 1.29 is 0 Å². The number of fused-ring (bicyclic) bond motifs is 2. The summed E-state index contributed by atoms with van der Waals surface area (Å²) in [5, 5.41) is 1.43. The average molecular weight is 319 g/mol. The number of nitrogens with one attached hydrogen (secondary N) is 1. The van der Waals surface area contributed by atoms with Crippen LogP contribution in [0.4, 0.5) is 0 Å². The molecule has 0 saturated carbocycles. The van der Waals surface area contributed by atoms with E-state index in [0.29, 0.717) is 12.0 Å². The molecule has 3 nitrogen and oxygen atoms in total. The first-order chi connectivity index (χ1) is 11.7. The lowest BCUT2D eigenvalue weighted by atomic mass is 9.79. The second-order valence-corrected chi connectivity index (χ2v) is 7.62. The van der Waals surface area contributed by atoms with Crippen LogP contribution in [0.15, 0.2) is 42.7 Å². The summed E-state index contributed by atoms with van der Waals surface area (Å²) in [7, 11) is 2.28. The van der Waals surface area contributed by atoms with E-state index in [2.05, 4.69) is 58.9 Å². The van der Waals surface area contributed by atoms with Crippen LogP contribution in [-0.2, 0) is 6.42 Å². The monoisotopic (exact) mass is 319 g/mol. The Kier molecular flexibility index (Phi) is 3.14. The van der Waals surface area contributed by atoms with Gasteiger partial charge in [0.05, 0.1) is 0 Å². The molecule has 1 saturated heterocycles. The van der Waals surface area contributed by atoms with Crippen LogP contribution in [0.2, 0.25) is 0 Å². The topological polar surface area (TPSA) is 22.3 Å². The molecule has 1 fully saturated rings. The molecule has 2 aromatic rings. The molecule has 1 aliphatic carbocycles. The minimum absolute atomic E-state index is 0.440. The maximum Gasteiger partial charge on any atom is 0.0462 e. The van der Waals surface area contributed by atoms with E-state index in [4.69, 9.17) is 0 Å². The van der Waals surface area contributed by atoms with Crippen LogP contribution >= 0.6 is 0 Å². The molecule has 2 unspecified atom stereocenters. The normalized spacial score (nSPS) is 26.5. The predicted molar refractivity (Wildman–Crippen MR) is 99.8 cm³/mol. The van der Waals surface area contributed by atoms with Gasteiger partial charge in [-0.1, -0.05) is 24.8 Å². The summed E-state index contributed by atoms with van der Waals surface area (Å²) in [6, 6.07) is 7.17.